The van der Waals surface area contributed by atoms with Gasteiger partial charge in [0.25, 0.3) is 5.91 Å². The van der Waals surface area contributed by atoms with Crippen molar-refractivity contribution in [2.45, 2.75) is 16.2 Å². The molecule has 0 fully saturated rings. The van der Waals surface area contributed by atoms with E-state index in [1.807, 2.05) is 17.5 Å². The number of anilines is 1. The summed E-state index contributed by atoms with van der Waals surface area (Å²) < 4.78 is 40.4. The summed E-state index contributed by atoms with van der Waals surface area (Å²) in [4.78, 5) is 14.2. The zero-order valence-corrected chi connectivity index (χ0v) is 15.8. The molecule has 0 spiro atoms. The van der Waals surface area contributed by atoms with E-state index in [1.165, 1.54) is 35.2 Å². The third-order valence-electron chi connectivity index (χ3n) is 3.26. The van der Waals surface area contributed by atoms with Gasteiger partial charge in [0.2, 0.25) is 0 Å². The van der Waals surface area contributed by atoms with Crippen molar-refractivity contribution in [2.24, 2.45) is 0 Å². The van der Waals surface area contributed by atoms with Crippen LogP contribution in [0.25, 0.3) is 0 Å². The van der Waals surface area contributed by atoms with Crippen molar-refractivity contribution in [1.82, 2.24) is 0 Å². The van der Waals surface area contributed by atoms with Gasteiger partial charge in [0.15, 0.2) is 0 Å². The van der Waals surface area contributed by atoms with Crippen molar-refractivity contribution in [2.75, 3.05) is 5.32 Å². The predicted molar refractivity (Wildman–Crippen MR) is 101 cm³/mol. The van der Waals surface area contributed by atoms with Crippen LogP contribution in [0.3, 0.4) is 0 Å². The lowest BCUT2D eigenvalue weighted by molar-refractivity contribution is -0.274. The minimum atomic E-state index is -4.75. The van der Waals surface area contributed by atoms with Gasteiger partial charge in [0, 0.05) is 31.3 Å². The van der Waals surface area contributed by atoms with E-state index in [4.69, 9.17) is 11.6 Å². The second-order valence-corrected chi connectivity index (χ2v) is 7.53. The maximum Gasteiger partial charge on any atom is 0.573 e. The van der Waals surface area contributed by atoms with Gasteiger partial charge in [0.1, 0.15) is 5.75 Å². The second-order valence-electron chi connectivity index (χ2n) is 5.23. The first kappa shape index (κ1) is 19.6. The van der Waals surface area contributed by atoms with Crippen LogP contribution in [0.2, 0.25) is 5.02 Å². The minimum Gasteiger partial charge on any atom is -0.406 e. The Morgan fingerprint density at radius 2 is 1.70 bits per heavy atom. The summed E-state index contributed by atoms with van der Waals surface area (Å²) in [6.45, 7) is 0. The van der Waals surface area contributed by atoms with Gasteiger partial charge < -0.3 is 10.1 Å². The minimum absolute atomic E-state index is 0.350. The number of benzene rings is 2. The summed E-state index contributed by atoms with van der Waals surface area (Å²) in [5.41, 5.74) is 0.846. The normalized spacial score (nSPS) is 11.3. The molecule has 1 heterocycles. The van der Waals surface area contributed by atoms with Crippen LogP contribution in [0.1, 0.15) is 10.4 Å². The van der Waals surface area contributed by atoms with Crippen LogP contribution in [-0.2, 0) is 0 Å². The summed E-state index contributed by atoms with van der Waals surface area (Å²) >= 11 is 8.68. The Morgan fingerprint density at radius 1 is 1.04 bits per heavy atom. The Morgan fingerprint density at radius 3 is 2.33 bits per heavy atom. The first-order valence-corrected chi connectivity index (χ1v) is 9.61. The topological polar surface area (TPSA) is 38.3 Å². The highest BCUT2D eigenvalue weighted by Crippen LogP contribution is 2.34. The van der Waals surface area contributed by atoms with Crippen LogP contribution in [0.4, 0.5) is 18.9 Å². The van der Waals surface area contributed by atoms with Crippen molar-refractivity contribution < 1.29 is 22.7 Å². The number of hydrogen-bond donors (Lipinski definition) is 1. The Balaban J connectivity index is 1.68. The molecule has 2 aromatic carbocycles. The SMILES string of the molecule is O=C(Nc1ccc(OC(F)(F)F)cc1)c1cscc1Sc1ccc(Cl)cc1. The molecule has 9 heteroatoms. The molecule has 3 rings (SSSR count). The monoisotopic (exact) mass is 429 g/mol. The predicted octanol–water partition coefficient (Wildman–Crippen LogP) is 6.70. The van der Waals surface area contributed by atoms with Crippen molar-refractivity contribution in [1.29, 1.82) is 0 Å². The lowest BCUT2D eigenvalue weighted by Gasteiger charge is -2.10. The first-order chi connectivity index (χ1) is 12.8. The Bertz CT molecular complexity index is 925. The first-order valence-electron chi connectivity index (χ1n) is 7.47. The summed E-state index contributed by atoms with van der Waals surface area (Å²) in [5.74, 6) is -0.702. The molecule has 0 aliphatic rings. The van der Waals surface area contributed by atoms with Gasteiger partial charge in [-0.15, -0.1) is 13.2 Å². The molecular formula is C18H11ClF3NO2S2. The van der Waals surface area contributed by atoms with E-state index in [1.54, 1.807) is 17.5 Å². The van der Waals surface area contributed by atoms with Crippen LogP contribution >= 0.6 is 34.7 Å². The van der Waals surface area contributed by atoms with Crippen molar-refractivity contribution in [3.63, 3.8) is 0 Å². The van der Waals surface area contributed by atoms with E-state index in [2.05, 4.69) is 10.1 Å². The van der Waals surface area contributed by atoms with E-state index >= 15 is 0 Å². The molecule has 0 aliphatic heterocycles. The number of nitrogens with one attached hydrogen (secondary N) is 1. The van der Waals surface area contributed by atoms with Gasteiger partial charge in [-0.05, 0) is 48.5 Å². The van der Waals surface area contributed by atoms with E-state index in [0.717, 1.165) is 21.9 Å². The third kappa shape index (κ3) is 5.66. The van der Waals surface area contributed by atoms with E-state index < -0.39 is 6.36 Å². The summed E-state index contributed by atoms with van der Waals surface area (Å²) in [5, 5.41) is 6.86. The molecule has 0 aliphatic carbocycles. The zero-order valence-electron chi connectivity index (χ0n) is 13.4. The summed E-state index contributed by atoms with van der Waals surface area (Å²) in [6.07, 6.45) is -4.75. The zero-order chi connectivity index (χ0) is 19.4. The Kier molecular flexibility index (Phi) is 5.98. The average Bonchev–Trinajstić information content (AvgIpc) is 3.06. The number of carbonyl (C=O) groups is 1. The van der Waals surface area contributed by atoms with E-state index in [-0.39, 0.29) is 11.7 Å². The smallest absolute Gasteiger partial charge is 0.406 e. The second kappa shape index (κ2) is 8.24. The Hall–Kier alpha value is -2.16. The van der Waals surface area contributed by atoms with Gasteiger partial charge in [0.05, 0.1) is 5.56 Å². The largest absolute Gasteiger partial charge is 0.573 e. The van der Waals surface area contributed by atoms with Gasteiger partial charge in [-0.3, -0.25) is 4.79 Å². The van der Waals surface area contributed by atoms with Gasteiger partial charge in [-0.1, -0.05) is 23.4 Å². The standard InChI is InChI=1S/C18H11ClF3NO2S2/c19-11-1-7-14(8-2-11)27-16-10-26-9-15(16)17(24)23-12-3-5-13(6-4-12)25-18(20,21)22/h1-10H,(H,23,24). The number of rotatable bonds is 5. The van der Waals surface area contributed by atoms with Gasteiger partial charge >= 0.3 is 6.36 Å². The van der Waals surface area contributed by atoms with Crippen LogP contribution in [-0.4, -0.2) is 12.3 Å². The highest BCUT2D eigenvalue weighted by atomic mass is 35.5. The lowest BCUT2D eigenvalue weighted by atomic mass is 10.2. The molecule has 0 unspecified atom stereocenters. The van der Waals surface area contributed by atoms with Gasteiger partial charge in [-0.2, -0.15) is 11.3 Å². The summed E-state index contributed by atoms with van der Waals surface area (Å²) in [7, 11) is 0. The van der Waals surface area contributed by atoms with Crippen LogP contribution in [0.5, 0.6) is 5.75 Å². The molecule has 0 radical (unpaired) electrons. The molecule has 3 aromatic rings. The van der Waals surface area contributed by atoms with Crippen molar-refractivity contribution in [3.8, 4) is 5.75 Å². The van der Waals surface area contributed by atoms with Crippen LogP contribution in [0.15, 0.2) is 69.1 Å². The number of hydrogen-bond acceptors (Lipinski definition) is 4. The number of amides is 1. The number of thiophene rings is 1. The van der Waals surface area contributed by atoms with Crippen LogP contribution in [0, 0.1) is 0 Å². The number of alkyl halides is 3. The third-order valence-corrected chi connectivity index (χ3v) is 5.47. The maximum absolute atomic E-state index is 12.5. The molecule has 140 valence electrons. The lowest BCUT2D eigenvalue weighted by Crippen LogP contribution is -2.17. The van der Waals surface area contributed by atoms with Crippen LogP contribution < -0.4 is 10.1 Å². The van der Waals surface area contributed by atoms with Crippen molar-refractivity contribution in [3.05, 3.63) is 69.9 Å². The molecular weight excluding hydrogens is 419 g/mol. The molecule has 0 bridgehead atoms. The fraction of sp³-hybridized carbons (Fsp3) is 0.0556. The van der Waals surface area contributed by atoms with Crippen molar-refractivity contribution >= 4 is 46.3 Å². The molecule has 3 nitrogen and oxygen atoms in total. The molecule has 0 saturated carbocycles. The number of halogens is 4. The molecule has 1 N–H and O–H groups in total. The quantitative estimate of drug-likeness (QED) is 0.490. The fourth-order valence-electron chi connectivity index (χ4n) is 2.10. The molecule has 1 aromatic heterocycles. The molecule has 1 amide bonds. The highest BCUT2D eigenvalue weighted by molar-refractivity contribution is 7.99. The molecule has 0 saturated heterocycles. The molecule has 27 heavy (non-hydrogen) atoms. The number of carbonyl (C=O) groups excluding carboxylic acids is 1. The Labute approximate surface area is 166 Å². The number of ether oxygens (including phenoxy) is 1. The molecule has 0 atom stereocenters. The van der Waals surface area contributed by atoms with E-state index in [0.29, 0.717) is 16.3 Å². The average molecular weight is 430 g/mol. The van der Waals surface area contributed by atoms with Gasteiger partial charge in [-0.25, -0.2) is 0 Å². The van der Waals surface area contributed by atoms with E-state index in [9.17, 15) is 18.0 Å². The fourth-order valence-corrected chi connectivity index (χ4v) is 4.13. The maximum atomic E-state index is 12.5. The highest BCUT2D eigenvalue weighted by Gasteiger charge is 2.31. The summed E-state index contributed by atoms with van der Waals surface area (Å²) in [6, 6.07) is 12.2.